The van der Waals surface area contributed by atoms with E-state index in [4.69, 9.17) is 16.3 Å². The molecule has 3 aromatic rings. The maximum atomic E-state index is 5.98. The number of hydrogen-bond acceptors (Lipinski definition) is 4. The average Bonchev–Trinajstić information content (AvgIpc) is 2.47. The number of fused-ring (bicyclic) bond motifs is 1. The molecule has 4 nitrogen and oxygen atoms in total. The van der Waals surface area contributed by atoms with Crippen LogP contribution < -0.4 is 10.1 Å². The lowest BCUT2D eigenvalue weighted by atomic mass is 10.2. The number of anilines is 2. The molecule has 0 aliphatic rings. The Morgan fingerprint density at radius 1 is 1.10 bits per heavy atom. The van der Waals surface area contributed by atoms with Gasteiger partial charge in [0.2, 0.25) is 0 Å². The van der Waals surface area contributed by atoms with E-state index in [1.54, 1.807) is 7.11 Å². The normalized spacial score (nSPS) is 10.5. The first-order chi connectivity index (χ1) is 9.76. The van der Waals surface area contributed by atoms with Crippen LogP contribution in [0.5, 0.6) is 5.75 Å². The Morgan fingerprint density at radius 3 is 2.80 bits per heavy atom. The monoisotopic (exact) mass is 285 g/mol. The average molecular weight is 286 g/mol. The van der Waals surface area contributed by atoms with Crippen molar-refractivity contribution in [1.82, 2.24) is 9.97 Å². The van der Waals surface area contributed by atoms with Gasteiger partial charge in [0.05, 0.1) is 12.6 Å². The molecule has 1 aromatic heterocycles. The maximum Gasteiger partial charge on any atom is 0.141 e. The highest BCUT2D eigenvalue weighted by Crippen LogP contribution is 2.26. The second-order valence-electron chi connectivity index (χ2n) is 4.24. The molecule has 0 spiro atoms. The van der Waals surface area contributed by atoms with Gasteiger partial charge in [-0.2, -0.15) is 0 Å². The number of halogens is 1. The minimum atomic E-state index is 0.676. The largest absolute Gasteiger partial charge is 0.497 e. The van der Waals surface area contributed by atoms with Gasteiger partial charge in [0.25, 0.3) is 0 Å². The second-order valence-corrected chi connectivity index (χ2v) is 4.68. The number of methoxy groups -OCH3 is 1. The Labute approximate surface area is 121 Å². The van der Waals surface area contributed by atoms with Gasteiger partial charge >= 0.3 is 0 Å². The third-order valence-corrected chi connectivity index (χ3v) is 3.17. The second kappa shape index (κ2) is 5.35. The zero-order valence-electron chi connectivity index (χ0n) is 10.8. The molecule has 0 radical (unpaired) electrons. The lowest BCUT2D eigenvalue weighted by Crippen LogP contribution is -1.96. The fourth-order valence-electron chi connectivity index (χ4n) is 1.97. The number of hydrogen-bond donors (Lipinski definition) is 1. The predicted molar refractivity (Wildman–Crippen MR) is 80.8 cm³/mol. The Bertz CT molecular complexity index is 761. The smallest absolute Gasteiger partial charge is 0.141 e. The first-order valence-corrected chi connectivity index (χ1v) is 6.45. The van der Waals surface area contributed by atoms with Crippen molar-refractivity contribution in [2.24, 2.45) is 0 Å². The van der Waals surface area contributed by atoms with Crippen LogP contribution in [0.1, 0.15) is 0 Å². The summed E-state index contributed by atoms with van der Waals surface area (Å²) >= 11 is 5.98. The van der Waals surface area contributed by atoms with E-state index in [-0.39, 0.29) is 0 Å². The number of nitrogens with one attached hydrogen (secondary N) is 1. The van der Waals surface area contributed by atoms with Crippen LogP contribution in [-0.2, 0) is 0 Å². The molecule has 0 atom stereocenters. The molecule has 0 aliphatic heterocycles. The number of aromatic nitrogens is 2. The van der Waals surface area contributed by atoms with Gasteiger partial charge in [-0.25, -0.2) is 9.97 Å². The van der Waals surface area contributed by atoms with E-state index < -0.39 is 0 Å². The summed E-state index contributed by atoms with van der Waals surface area (Å²) in [5.74, 6) is 1.50. The van der Waals surface area contributed by atoms with Gasteiger partial charge < -0.3 is 10.1 Å². The summed E-state index contributed by atoms with van der Waals surface area (Å²) < 4.78 is 5.20. The van der Waals surface area contributed by atoms with Crippen LogP contribution in [0.2, 0.25) is 5.02 Å². The molecule has 0 fully saturated rings. The molecule has 0 amide bonds. The van der Waals surface area contributed by atoms with Crippen molar-refractivity contribution < 1.29 is 4.74 Å². The summed E-state index contributed by atoms with van der Waals surface area (Å²) in [5, 5.41) is 4.85. The molecule has 1 heterocycles. The molecule has 100 valence electrons. The zero-order valence-corrected chi connectivity index (χ0v) is 11.6. The van der Waals surface area contributed by atoms with Gasteiger partial charge in [-0.3, -0.25) is 0 Å². The van der Waals surface area contributed by atoms with E-state index in [0.717, 1.165) is 28.2 Å². The molecule has 0 saturated carbocycles. The summed E-state index contributed by atoms with van der Waals surface area (Å²) in [7, 11) is 1.63. The maximum absolute atomic E-state index is 5.98. The molecule has 3 rings (SSSR count). The van der Waals surface area contributed by atoms with Gasteiger partial charge in [0.1, 0.15) is 17.9 Å². The van der Waals surface area contributed by atoms with E-state index in [0.29, 0.717) is 5.02 Å². The quantitative estimate of drug-likeness (QED) is 0.789. The number of benzene rings is 2. The van der Waals surface area contributed by atoms with Gasteiger partial charge in [-0.1, -0.05) is 17.7 Å². The van der Waals surface area contributed by atoms with Crippen LogP contribution >= 0.6 is 11.6 Å². The van der Waals surface area contributed by atoms with Crippen LogP contribution in [0.15, 0.2) is 48.8 Å². The molecule has 0 saturated heterocycles. The lowest BCUT2D eigenvalue weighted by molar-refractivity contribution is 0.415. The van der Waals surface area contributed by atoms with Crippen molar-refractivity contribution in [3.05, 3.63) is 53.8 Å². The van der Waals surface area contributed by atoms with Gasteiger partial charge in [-0.15, -0.1) is 0 Å². The third-order valence-electron chi connectivity index (χ3n) is 2.93. The van der Waals surface area contributed by atoms with Gasteiger partial charge in [0.15, 0.2) is 0 Å². The first kappa shape index (κ1) is 12.7. The zero-order chi connectivity index (χ0) is 13.9. The van der Waals surface area contributed by atoms with E-state index in [2.05, 4.69) is 15.3 Å². The summed E-state index contributed by atoms with van der Waals surface area (Å²) in [6, 6.07) is 13.2. The molecular weight excluding hydrogens is 274 g/mol. The fourth-order valence-corrected chi connectivity index (χ4v) is 2.16. The molecule has 2 aromatic carbocycles. The van der Waals surface area contributed by atoms with Crippen molar-refractivity contribution in [3.8, 4) is 5.75 Å². The van der Waals surface area contributed by atoms with Crippen molar-refractivity contribution in [2.45, 2.75) is 0 Å². The van der Waals surface area contributed by atoms with Crippen LogP contribution in [0.25, 0.3) is 10.9 Å². The van der Waals surface area contributed by atoms with Crippen LogP contribution in [0, 0.1) is 0 Å². The molecule has 0 aliphatic carbocycles. The molecule has 5 heteroatoms. The first-order valence-electron chi connectivity index (χ1n) is 6.07. The lowest BCUT2D eigenvalue weighted by Gasteiger charge is -2.09. The van der Waals surface area contributed by atoms with E-state index in [9.17, 15) is 0 Å². The molecule has 1 N–H and O–H groups in total. The highest BCUT2D eigenvalue weighted by atomic mass is 35.5. The molecule has 20 heavy (non-hydrogen) atoms. The van der Waals surface area contributed by atoms with Crippen LogP contribution in [0.3, 0.4) is 0 Å². The summed E-state index contributed by atoms with van der Waals surface area (Å²) in [6.07, 6.45) is 1.52. The van der Waals surface area contributed by atoms with Crippen molar-refractivity contribution >= 4 is 34.0 Å². The Kier molecular flexibility index (Phi) is 3.39. The Morgan fingerprint density at radius 2 is 2.00 bits per heavy atom. The standard InChI is InChI=1S/C15H12ClN3O/c1-20-12-5-6-13-14(8-12)17-9-18-15(13)19-11-4-2-3-10(16)7-11/h2-9H,1H3,(H,17,18,19). The van der Waals surface area contributed by atoms with E-state index in [1.165, 1.54) is 6.33 Å². The van der Waals surface area contributed by atoms with E-state index in [1.807, 2.05) is 42.5 Å². The highest BCUT2D eigenvalue weighted by molar-refractivity contribution is 6.30. The minimum absolute atomic E-state index is 0.676. The van der Waals surface area contributed by atoms with Crippen molar-refractivity contribution in [1.29, 1.82) is 0 Å². The number of nitrogens with zero attached hydrogens (tertiary/aromatic N) is 2. The Hall–Kier alpha value is -2.33. The predicted octanol–water partition coefficient (Wildman–Crippen LogP) is 4.04. The van der Waals surface area contributed by atoms with Crippen molar-refractivity contribution in [3.63, 3.8) is 0 Å². The fraction of sp³-hybridized carbons (Fsp3) is 0.0667. The third kappa shape index (κ3) is 2.51. The topological polar surface area (TPSA) is 47.0 Å². The summed E-state index contributed by atoms with van der Waals surface area (Å²) in [4.78, 5) is 8.53. The minimum Gasteiger partial charge on any atom is -0.497 e. The molecule has 0 unspecified atom stereocenters. The van der Waals surface area contributed by atoms with Crippen LogP contribution in [0.4, 0.5) is 11.5 Å². The van der Waals surface area contributed by atoms with E-state index >= 15 is 0 Å². The number of ether oxygens (including phenoxy) is 1. The summed E-state index contributed by atoms with van der Waals surface area (Å²) in [6.45, 7) is 0. The molecular formula is C15H12ClN3O. The van der Waals surface area contributed by atoms with Crippen LogP contribution in [-0.4, -0.2) is 17.1 Å². The summed E-state index contributed by atoms with van der Waals surface area (Å²) in [5.41, 5.74) is 1.71. The number of rotatable bonds is 3. The molecule has 0 bridgehead atoms. The highest BCUT2D eigenvalue weighted by Gasteiger charge is 2.05. The van der Waals surface area contributed by atoms with Crippen molar-refractivity contribution in [2.75, 3.05) is 12.4 Å². The van der Waals surface area contributed by atoms with Gasteiger partial charge in [-0.05, 0) is 30.3 Å². The Balaban J connectivity index is 2.03. The SMILES string of the molecule is COc1ccc2c(Nc3cccc(Cl)c3)ncnc2c1. The van der Waals surface area contributed by atoms with Gasteiger partial charge in [0, 0.05) is 22.2 Å².